The molecule has 88 valence electrons. The van der Waals surface area contributed by atoms with Gasteiger partial charge in [-0.25, -0.2) is 9.37 Å². The van der Waals surface area contributed by atoms with E-state index in [1.807, 2.05) is 0 Å². The van der Waals surface area contributed by atoms with E-state index in [1.54, 1.807) is 18.2 Å². The second-order valence-corrected chi connectivity index (χ2v) is 4.76. The SMILES string of the molecule is O=C(O)Cc1cnc(Cc2ccccc2F)s1. The first kappa shape index (κ1) is 11.7. The lowest BCUT2D eigenvalue weighted by Crippen LogP contribution is -1.97. The molecule has 0 aliphatic heterocycles. The van der Waals surface area contributed by atoms with Gasteiger partial charge in [-0.3, -0.25) is 4.79 Å². The highest BCUT2D eigenvalue weighted by Crippen LogP contribution is 2.18. The summed E-state index contributed by atoms with van der Waals surface area (Å²) in [5.41, 5.74) is 0.573. The van der Waals surface area contributed by atoms with Gasteiger partial charge in [-0.2, -0.15) is 0 Å². The minimum absolute atomic E-state index is 0.0328. The highest BCUT2D eigenvalue weighted by atomic mass is 32.1. The summed E-state index contributed by atoms with van der Waals surface area (Å²) in [6.45, 7) is 0. The Morgan fingerprint density at radius 3 is 2.88 bits per heavy atom. The first-order valence-electron chi connectivity index (χ1n) is 5.04. The lowest BCUT2D eigenvalue weighted by atomic mass is 10.1. The summed E-state index contributed by atoms with van der Waals surface area (Å²) in [6, 6.07) is 6.51. The maximum absolute atomic E-state index is 13.4. The molecule has 1 N–H and O–H groups in total. The Kier molecular flexibility index (Phi) is 3.49. The molecule has 0 spiro atoms. The van der Waals surface area contributed by atoms with Crippen LogP contribution in [-0.2, 0) is 17.6 Å². The third-order valence-corrected chi connectivity index (χ3v) is 3.22. The van der Waals surface area contributed by atoms with E-state index in [4.69, 9.17) is 5.11 Å². The molecular weight excluding hydrogens is 241 g/mol. The van der Waals surface area contributed by atoms with E-state index in [0.29, 0.717) is 16.9 Å². The molecule has 1 aromatic carbocycles. The van der Waals surface area contributed by atoms with Crippen molar-refractivity contribution in [3.63, 3.8) is 0 Å². The minimum atomic E-state index is -0.883. The van der Waals surface area contributed by atoms with Gasteiger partial charge in [0.15, 0.2) is 0 Å². The average molecular weight is 251 g/mol. The van der Waals surface area contributed by atoms with Crippen LogP contribution < -0.4 is 0 Å². The molecule has 5 heteroatoms. The van der Waals surface area contributed by atoms with Gasteiger partial charge in [0.1, 0.15) is 5.82 Å². The molecular formula is C12H10FNO2S. The zero-order valence-electron chi connectivity index (χ0n) is 8.89. The van der Waals surface area contributed by atoms with Crippen LogP contribution >= 0.6 is 11.3 Å². The lowest BCUT2D eigenvalue weighted by molar-refractivity contribution is -0.136. The maximum atomic E-state index is 13.4. The molecule has 0 aliphatic carbocycles. The quantitative estimate of drug-likeness (QED) is 0.908. The number of halogens is 1. The van der Waals surface area contributed by atoms with Gasteiger partial charge in [0, 0.05) is 17.5 Å². The topological polar surface area (TPSA) is 50.2 Å². The molecule has 2 aromatic rings. The fourth-order valence-corrected chi connectivity index (χ4v) is 2.40. The monoisotopic (exact) mass is 251 g/mol. The van der Waals surface area contributed by atoms with Crippen LogP contribution in [0, 0.1) is 5.82 Å². The number of carboxylic acids is 1. The number of hydrogen-bond donors (Lipinski definition) is 1. The van der Waals surface area contributed by atoms with Crippen molar-refractivity contribution >= 4 is 17.3 Å². The number of nitrogens with zero attached hydrogens (tertiary/aromatic N) is 1. The third kappa shape index (κ3) is 3.10. The molecule has 1 aromatic heterocycles. The van der Waals surface area contributed by atoms with Crippen molar-refractivity contribution in [2.75, 3.05) is 0 Å². The largest absolute Gasteiger partial charge is 0.481 e. The number of aliphatic carboxylic acids is 1. The Morgan fingerprint density at radius 1 is 1.41 bits per heavy atom. The molecule has 0 saturated heterocycles. The van der Waals surface area contributed by atoms with Gasteiger partial charge in [-0.1, -0.05) is 18.2 Å². The van der Waals surface area contributed by atoms with Crippen LogP contribution in [0.15, 0.2) is 30.5 Å². The summed E-state index contributed by atoms with van der Waals surface area (Å²) in [5, 5.41) is 9.36. The highest BCUT2D eigenvalue weighted by molar-refractivity contribution is 7.11. The molecule has 0 radical (unpaired) electrons. The van der Waals surface area contributed by atoms with Crippen molar-refractivity contribution in [3.8, 4) is 0 Å². The molecule has 0 bridgehead atoms. The predicted octanol–water partition coefficient (Wildman–Crippen LogP) is 2.50. The Bertz CT molecular complexity index is 539. The van der Waals surface area contributed by atoms with Crippen molar-refractivity contribution in [2.45, 2.75) is 12.8 Å². The fourth-order valence-electron chi connectivity index (χ4n) is 1.47. The summed E-state index contributed by atoms with van der Waals surface area (Å²) >= 11 is 1.31. The Labute approximate surface area is 102 Å². The highest BCUT2D eigenvalue weighted by Gasteiger charge is 2.08. The smallest absolute Gasteiger partial charge is 0.308 e. The standard InChI is InChI=1S/C12H10FNO2S/c13-10-4-2-1-3-8(10)5-11-14-7-9(17-11)6-12(15)16/h1-4,7H,5-6H2,(H,15,16). The second kappa shape index (κ2) is 5.05. The summed E-state index contributed by atoms with van der Waals surface area (Å²) in [5.74, 6) is -1.14. The predicted molar refractivity (Wildman–Crippen MR) is 62.7 cm³/mol. The van der Waals surface area contributed by atoms with E-state index >= 15 is 0 Å². The molecule has 0 atom stereocenters. The van der Waals surface area contributed by atoms with E-state index in [2.05, 4.69) is 4.98 Å². The lowest BCUT2D eigenvalue weighted by Gasteiger charge is -1.98. The van der Waals surface area contributed by atoms with Crippen molar-refractivity contribution in [2.24, 2.45) is 0 Å². The number of carbonyl (C=O) groups is 1. The van der Waals surface area contributed by atoms with Crippen molar-refractivity contribution in [1.29, 1.82) is 0 Å². The molecule has 0 saturated carbocycles. The Balaban J connectivity index is 2.12. The van der Waals surface area contributed by atoms with Crippen LogP contribution in [0.5, 0.6) is 0 Å². The number of rotatable bonds is 4. The van der Waals surface area contributed by atoms with Crippen LogP contribution in [0.1, 0.15) is 15.4 Å². The molecule has 3 nitrogen and oxygen atoms in total. The molecule has 1 heterocycles. The van der Waals surface area contributed by atoms with Crippen LogP contribution in [0.4, 0.5) is 4.39 Å². The van der Waals surface area contributed by atoms with Crippen LogP contribution in [-0.4, -0.2) is 16.1 Å². The van der Waals surface area contributed by atoms with Gasteiger partial charge in [-0.15, -0.1) is 11.3 Å². The number of thiazole rings is 1. The second-order valence-electron chi connectivity index (χ2n) is 3.56. The fraction of sp³-hybridized carbons (Fsp3) is 0.167. The maximum Gasteiger partial charge on any atom is 0.308 e. The van der Waals surface area contributed by atoms with E-state index in [9.17, 15) is 9.18 Å². The molecule has 2 rings (SSSR count). The zero-order valence-corrected chi connectivity index (χ0v) is 9.71. The first-order chi connectivity index (χ1) is 8.15. The summed E-state index contributed by atoms with van der Waals surface area (Å²) in [6.07, 6.45) is 1.90. The molecule has 0 unspecified atom stereocenters. The van der Waals surface area contributed by atoms with Gasteiger partial charge in [0.05, 0.1) is 11.4 Å². The number of aromatic nitrogens is 1. The van der Waals surface area contributed by atoms with E-state index in [0.717, 1.165) is 5.01 Å². The first-order valence-corrected chi connectivity index (χ1v) is 5.85. The van der Waals surface area contributed by atoms with Gasteiger partial charge >= 0.3 is 5.97 Å². The van der Waals surface area contributed by atoms with Crippen molar-refractivity contribution in [3.05, 3.63) is 51.7 Å². The Hall–Kier alpha value is -1.75. The van der Waals surface area contributed by atoms with Gasteiger partial charge in [0.25, 0.3) is 0 Å². The summed E-state index contributed by atoms with van der Waals surface area (Å²) in [7, 11) is 0. The summed E-state index contributed by atoms with van der Waals surface area (Å²) in [4.78, 5) is 15.3. The normalized spacial score (nSPS) is 10.4. The molecule has 0 fully saturated rings. The molecule has 0 amide bonds. The number of benzene rings is 1. The average Bonchev–Trinajstić information content (AvgIpc) is 2.68. The minimum Gasteiger partial charge on any atom is -0.481 e. The van der Waals surface area contributed by atoms with Gasteiger partial charge < -0.3 is 5.11 Å². The van der Waals surface area contributed by atoms with E-state index in [-0.39, 0.29) is 12.2 Å². The van der Waals surface area contributed by atoms with Crippen LogP contribution in [0.3, 0.4) is 0 Å². The molecule has 0 aliphatic rings. The van der Waals surface area contributed by atoms with E-state index < -0.39 is 5.97 Å². The number of hydrogen-bond acceptors (Lipinski definition) is 3. The summed E-state index contributed by atoms with van der Waals surface area (Å²) < 4.78 is 13.4. The van der Waals surface area contributed by atoms with Crippen LogP contribution in [0.25, 0.3) is 0 Å². The zero-order chi connectivity index (χ0) is 12.3. The Morgan fingerprint density at radius 2 is 2.18 bits per heavy atom. The third-order valence-electron chi connectivity index (χ3n) is 2.23. The van der Waals surface area contributed by atoms with Crippen molar-refractivity contribution in [1.82, 2.24) is 4.98 Å². The van der Waals surface area contributed by atoms with Crippen LogP contribution in [0.2, 0.25) is 0 Å². The van der Waals surface area contributed by atoms with Gasteiger partial charge in [0.2, 0.25) is 0 Å². The molecule has 17 heavy (non-hydrogen) atoms. The van der Waals surface area contributed by atoms with Crippen molar-refractivity contribution < 1.29 is 14.3 Å². The number of carboxylic acid groups (broad SMARTS) is 1. The van der Waals surface area contributed by atoms with E-state index in [1.165, 1.54) is 23.6 Å². The van der Waals surface area contributed by atoms with Gasteiger partial charge in [-0.05, 0) is 11.6 Å².